The number of benzene rings is 1. The molecule has 1 saturated heterocycles. The lowest BCUT2D eigenvalue weighted by molar-refractivity contribution is -0.132. The van der Waals surface area contributed by atoms with Crippen LogP contribution in [0.4, 0.5) is 5.69 Å². The highest BCUT2D eigenvalue weighted by Gasteiger charge is 2.23. The lowest BCUT2D eigenvalue weighted by Crippen LogP contribution is -2.49. The average Bonchev–Trinajstić information content (AvgIpc) is 2.94. The fourth-order valence-electron chi connectivity index (χ4n) is 2.77. The number of carbonyl (C=O) groups is 1. The van der Waals surface area contributed by atoms with Crippen molar-refractivity contribution in [1.82, 2.24) is 4.90 Å². The summed E-state index contributed by atoms with van der Waals surface area (Å²) in [7, 11) is 0. The first-order valence-corrected chi connectivity index (χ1v) is 7.56. The highest BCUT2D eigenvalue weighted by atomic mass is 16.7. The Bertz CT molecular complexity index is 522. The molecule has 114 valence electrons. The zero-order valence-corrected chi connectivity index (χ0v) is 12.7. The van der Waals surface area contributed by atoms with E-state index < -0.39 is 0 Å². The Morgan fingerprint density at radius 1 is 1.14 bits per heavy atom. The van der Waals surface area contributed by atoms with Gasteiger partial charge in [-0.15, -0.1) is 0 Å². The van der Waals surface area contributed by atoms with Crippen LogP contribution in [0.2, 0.25) is 0 Å². The van der Waals surface area contributed by atoms with Crippen LogP contribution in [-0.2, 0) is 4.79 Å². The lowest BCUT2D eigenvalue weighted by atomic mass is 10.1. The summed E-state index contributed by atoms with van der Waals surface area (Å²) in [6.07, 6.45) is 0.643. The van der Waals surface area contributed by atoms with Crippen LogP contribution >= 0.6 is 0 Å². The van der Waals surface area contributed by atoms with Crippen molar-refractivity contribution in [3.8, 4) is 11.5 Å². The summed E-state index contributed by atoms with van der Waals surface area (Å²) in [6.45, 7) is 7.78. The predicted octanol–water partition coefficient (Wildman–Crippen LogP) is 2.11. The Hall–Kier alpha value is -1.91. The van der Waals surface area contributed by atoms with Gasteiger partial charge in [0.25, 0.3) is 0 Å². The fourth-order valence-corrected chi connectivity index (χ4v) is 2.77. The molecule has 1 fully saturated rings. The van der Waals surface area contributed by atoms with E-state index >= 15 is 0 Å². The molecule has 21 heavy (non-hydrogen) atoms. The van der Waals surface area contributed by atoms with Gasteiger partial charge in [-0.25, -0.2) is 0 Å². The van der Waals surface area contributed by atoms with E-state index in [0.29, 0.717) is 19.1 Å². The first kappa shape index (κ1) is 14.0. The largest absolute Gasteiger partial charge is 0.454 e. The molecule has 5 heteroatoms. The molecule has 1 amide bonds. The van der Waals surface area contributed by atoms with Crippen molar-refractivity contribution in [2.45, 2.75) is 20.3 Å². The number of ether oxygens (including phenoxy) is 2. The van der Waals surface area contributed by atoms with E-state index in [1.54, 1.807) is 0 Å². The molecule has 5 nitrogen and oxygen atoms in total. The Morgan fingerprint density at radius 2 is 1.86 bits per heavy atom. The summed E-state index contributed by atoms with van der Waals surface area (Å²) in [5, 5.41) is 0. The van der Waals surface area contributed by atoms with Crippen LogP contribution in [0.25, 0.3) is 0 Å². The van der Waals surface area contributed by atoms with Gasteiger partial charge < -0.3 is 19.3 Å². The zero-order chi connectivity index (χ0) is 14.8. The van der Waals surface area contributed by atoms with Crippen LogP contribution in [0.3, 0.4) is 0 Å². The Labute approximate surface area is 125 Å². The fraction of sp³-hybridized carbons (Fsp3) is 0.562. The molecule has 0 spiro atoms. The number of nitrogens with zero attached hydrogens (tertiary/aromatic N) is 2. The van der Waals surface area contributed by atoms with E-state index in [2.05, 4.69) is 24.8 Å². The monoisotopic (exact) mass is 290 g/mol. The minimum absolute atomic E-state index is 0.273. The molecule has 0 saturated carbocycles. The second-order valence-electron chi connectivity index (χ2n) is 6.00. The third kappa shape index (κ3) is 3.06. The number of fused-ring (bicyclic) bond motifs is 1. The predicted molar refractivity (Wildman–Crippen MR) is 80.8 cm³/mol. The lowest BCUT2D eigenvalue weighted by Gasteiger charge is -2.36. The molecule has 2 aliphatic heterocycles. The topological polar surface area (TPSA) is 42.0 Å². The molecule has 0 aromatic heterocycles. The molecule has 2 aliphatic rings. The Morgan fingerprint density at radius 3 is 2.57 bits per heavy atom. The van der Waals surface area contributed by atoms with Crippen LogP contribution in [0.1, 0.15) is 20.3 Å². The van der Waals surface area contributed by atoms with Crippen molar-refractivity contribution in [2.24, 2.45) is 5.92 Å². The Kier molecular flexibility index (Phi) is 3.90. The highest BCUT2D eigenvalue weighted by Crippen LogP contribution is 2.35. The van der Waals surface area contributed by atoms with E-state index in [1.807, 2.05) is 17.0 Å². The second kappa shape index (κ2) is 5.84. The van der Waals surface area contributed by atoms with Gasteiger partial charge in [-0.3, -0.25) is 4.79 Å². The number of amides is 1. The van der Waals surface area contributed by atoms with Gasteiger partial charge >= 0.3 is 0 Å². The molecule has 1 aromatic carbocycles. The molecule has 0 radical (unpaired) electrons. The Balaban J connectivity index is 1.59. The van der Waals surface area contributed by atoms with Crippen LogP contribution in [-0.4, -0.2) is 43.8 Å². The van der Waals surface area contributed by atoms with E-state index in [-0.39, 0.29) is 5.91 Å². The van der Waals surface area contributed by atoms with Crippen LogP contribution in [0, 0.1) is 5.92 Å². The van der Waals surface area contributed by atoms with Crippen molar-refractivity contribution in [3.05, 3.63) is 18.2 Å². The molecular weight excluding hydrogens is 268 g/mol. The van der Waals surface area contributed by atoms with Gasteiger partial charge in [0.15, 0.2) is 11.5 Å². The smallest absolute Gasteiger partial charge is 0.231 e. The molecule has 0 atom stereocenters. The normalized spacial score (nSPS) is 17.5. The van der Waals surface area contributed by atoms with Gasteiger partial charge in [0.05, 0.1) is 0 Å². The van der Waals surface area contributed by atoms with Gasteiger partial charge in [0.1, 0.15) is 0 Å². The van der Waals surface area contributed by atoms with E-state index in [0.717, 1.165) is 43.4 Å². The van der Waals surface area contributed by atoms with Crippen LogP contribution in [0.15, 0.2) is 18.2 Å². The zero-order valence-electron chi connectivity index (χ0n) is 12.7. The molecule has 0 bridgehead atoms. The first-order chi connectivity index (χ1) is 10.1. The summed E-state index contributed by atoms with van der Waals surface area (Å²) in [5.74, 6) is 2.31. The van der Waals surface area contributed by atoms with Gasteiger partial charge in [0.2, 0.25) is 12.7 Å². The number of carbonyl (C=O) groups excluding carboxylic acids is 1. The molecule has 0 unspecified atom stereocenters. The van der Waals surface area contributed by atoms with E-state index in [1.165, 1.54) is 0 Å². The van der Waals surface area contributed by atoms with Gasteiger partial charge in [0, 0.05) is 44.4 Å². The average molecular weight is 290 g/mol. The molecular formula is C16H22N2O3. The van der Waals surface area contributed by atoms with Crippen LogP contribution in [0.5, 0.6) is 11.5 Å². The summed E-state index contributed by atoms with van der Waals surface area (Å²) < 4.78 is 10.8. The van der Waals surface area contributed by atoms with Crippen molar-refractivity contribution in [1.29, 1.82) is 0 Å². The standard InChI is InChI=1S/C16H22N2O3/c1-12(2)9-16(19)18-7-5-17(6-8-18)13-3-4-14-15(10-13)21-11-20-14/h3-4,10,12H,5-9,11H2,1-2H3. The third-order valence-corrected chi connectivity index (χ3v) is 3.94. The summed E-state index contributed by atoms with van der Waals surface area (Å²) in [4.78, 5) is 16.3. The van der Waals surface area contributed by atoms with Crippen LogP contribution < -0.4 is 14.4 Å². The van der Waals surface area contributed by atoms with E-state index in [4.69, 9.17) is 9.47 Å². The van der Waals surface area contributed by atoms with E-state index in [9.17, 15) is 4.79 Å². The maximum atomic E-state index is 12.1. The summed E-state index contributed by atoms with van der Waals surface area (Å²) in [6, 6.07) is 6.03. The maximum absolute atomic E-state index is 12.1. The highest BCUT2D eigenvalue weighted by molar-refractivity contribution is 5.76. The number of hydrogen-bond donors (Lipinski definition) is 0. The summed E-state index contributed by atoms with van der Waals surface area (Å²) in [5.41, 5.74) is 1.13. The minimum Gasteiger partial charge on any atom is -0.454 e. The third-order valence-electron chi connectivity index (χ3n) is 3.94. The quantitative estimate of drug-likeness (QED) is 0.855. The van der Waals surface area contributed by atoms with Gasteiger partial charge in [-0.2, -0.15) is 0 Å². The van der Waals surface area contributed by atoms with Crippen molar-refractivity contribution in [2.75, 3.05) is 37.9 Å². The number of piperazine rings is 1. The molecule has 0 aliphatic carbocycles. The molecule has 2 heterocycles. The molecule has 0 N–H and O–H groups in total. The number of hydrogen-bond acceptors (Lipinski definition) is 4. The molecule has 3 rings (SSSR count). The SMILES string of the molecule is CC(C)CC(=O)N1CCN(c2ccc3c(c2)OCO3)CC1. The maximum Gasteiger partial charge on any atom is 0.231 e. The van der Waals surface area contributed by atoms with Crippen molar-refractivity contribution >= 4 is 11.6 Å². The van der Waals surface area contributed by atoms with Gasteiger partial charge in [-0.1, -0.05) is 13.8 Å². The summed E-state index contributed by atoms with van der Waals surface area (Å²) >= 11 is 0. The second-order valence-corrected chi connectivity index (χ2v) is 6.00. The van der Waals surface area contributed by atoms with Crippen molar-refractivity contribution < 1.29 is 14.3 Å². The van der Waals surface area contributed by atoms with Crippen molar-refractivity contribution in [3.63, 3.8) is 0 Å². The molecule has 1 aromatic rings. The first-order valence-electron chi connectivity index (χ1n) is 7.56. The van der Waals surface area contributed by atoms with Gasteiger partial charge in [-0.05, 0) is 18.1 Å². The number of rotatable bonds is 3. The number of anilines is 1. The minimum atomic E-state index is 0.273.